The third kappa shape index (κ3) is 2.12. The molecule has 0 heterocycles. The van der Waals surface area contributed by atoms with Crippen LogP contribution in [0.15, 0.2) is 24.3 Å². The quantitative estimate of drug-likeness (QED) is 0.821. The number of hydrogen-bond donors (Lipinski definition) is 1. The zero-order chi connectivity index (χ0) is 11.8. The molecule has 0 aliphatic heterocycles. The van der Waals surface area contributed by atoms with Crippen LogP contribution in [0.4, 0.5) is 4.39 Å². The number of nitrogens with one attached hydrogen (secondary N) is 1. The highest BCUT2D eigenvalue weighted by Gasteiger charge is 2.46. The molecule has 0 amide bonds. The van der Waals surface area contributed by atoms with Gasteiger partial charge in [-0.05, 0) is 31.7 Å². The predicted octanol–water partition coefficient (Wildman–Crippen LogP) is 3.45. The van der Waals surface area contributed by atoms with Crippen LogP contribution in [0.3, 0.4) is 0 Å². The minimum absolute atomic E-state index is 0.0801. The van der Waals surface area contributed by atoms with Gasteiger partial charge in [-0.25, -0.2) is 4.39 Å². The van der Waals surface area contributed by atoms with Gasteiger partial charge < -0.3 is 5.32 Å². The van der Waals surface area contributed by atoms with Gasteiger partial charge in [-0.1, -0.05) is 32.0 Å². The summed E-state index contributed by atoms with van der Waals surface area (Å²) in [6.07, 6.45) is 2.09. The van der Waals surface area contributed by atoms with Crippen LogP contribution in [0, 0.1) is 11.7 Å². The van der Waals surface area contributed by atoms with Crippen molar-refractivity contribution in [3.63, 3.8) is 0 Å². The molecule has 1 saturated carbocycles. The molecule has 16 heavy (non-hydrogen) atoms. The lowest BCUT2D eigenvalue weighted by molar-refractivity contribution is 0.356. The summed E-state index contributed by atoms with van der Waals surface area (Å²) in [6, 6.07) is 7.54. The molecule has 1 atom stereocenters. The van der Waals surface area contributed by atoms with Crippen molar-refractivity contribution >= 4 is 0 Å². The minimum atomic E-state index is -0.0883. The molecule has 2 heteroatoms. The van der Waals surface area contributed by atoms with E-state index < -0.39 is 0 Å². The van der Waals surface area contributed by atoms with Crippen molar-refractivity contribution in [2.24, 2.45) is 5.92 Å². The zero-order valence-corrected chi connectivity index (χ0v) is 10.3. The van der Waals surface area contributed by atoms with Crippen molar-refractivity contribution in [2.45, 2.75) is 45.2 Å². The maximum atomic E-state index is 13.7. The van der Waals surface area contributed by atoms with Crippen molar-refractivity contribution in [2.75, 3.05) is 0 Å². The molecule has 1 N–H and O–H groups in total. The third-order valence-electron chi connectivity index (χ3n) is 3.64. The maximum Gasteiger partial charge on any atom is 0.128 e. The maximum absolute atomic E-state index is 13.7. The molecular weight excluding hydrogens is 201 g/mol. The Morgan fingerprint density at radius 3 is 2.31 bits per heavy atom. The van der Waals surface area contributed by atoms with Gasteiger partial charge in [-0.15, -0.1) is 0 Å². The summed E-state index contributed by atoms with van der Waals surface area (Å²) in [4.78, 5) is 0. The summed E-state index contributed by atoms with van der Waals surface area (Å²) in [5.41, 5.74) is 0.747. The van der Waals surface area contributed by atoms with Crippen LogP contribution >= 0.6 is 0 Å². The predicted molar refractivity (Wildman–Crippen MR) is 64.7 cm³/mol. The molecular formula is C14H20FN. The Kier molecular flexibility index (Phi) is 3.02. The van der Waals surface area contributed by atoms with Gasteiger partial charge in [0.05, 0.1) is 0 Å². The second-order valence-electron chi connectivity index (χ2n) is 5.24. The molecule has 0 aromatic heterocycles. The minimum Gasteiger partial charge on any atom is -0.305 e. The van der Waals surface area contributed by atoms with E-state index in [1.54, 1.807) is 12.1 Å². The molecule has 1 fully saturated rings. The molecule has 1 nitrogen and oxygen atoms in total. The fraction of sp³-hybridized carbons (Fsp3) is 0.571. The Morgan fingerprint density at radius 2 is 1.81 bits per heavy atom. The van der Waals surface area contributed by atoms with Gasteiger partial charge in [0.2, 0.25) is 0 Å². The van der Waals surface area contributed by atoms with E-state index >= 15 is 0 Å². The van der Waals surface area contributed by atoms with Crippen LogP contribution in [0.5, 0.6) is 0 Å². The van der Waals surface area contributed by atoms with Crippen LogP contribution in [0.25, 0.3) is 0 Å². The monoisotopic (exact) mass is 221 g/mol. The van der Waals surface area contributed by atoms with Gasteiger partial charge in [-0.2, -0.15) is 0 Å². The summed E-state index contributed by atoms with van der Waals surface area (Å²) >= 11 is 0. The van der Waals surface area contributed by atoms with Crippen LogP contribution in [0.2, 0.25) is 0 Å². The van der Waals surface area contributed by atoms with E-state index in [0.717, 1.165) is 18.4 Å². The molecule has 0 saturated heterocycles. The normalized spacial score (nSPS) is 19.8. The standard InChI is InChI=1S/C14H20FN/c1-10(2)11(3)16-14(8-9-14)12-6-4-5-7-13(12)15/h4-7,10-11,16H,8-9H2,1-3H3. The molecule has 1 aromatic carbocycles. The van der Waals surface area contributed by atoms with Gasteiger partial charge >= 0.3 is 0 Å². The van der Waals surface area contributed by atoms with Gasteiger partial charge in [0.1, 0.15) is 5.82 Å². The van der Waals surface area contributed by atoms with E-state index in [9.17, 15) is 4.39 Å². The number of rotatable bonds is 4. The van der Waals surface area contributed by atoms with Crippen LogP contribution in [-0.2, 0) is 5.54 Å². The lowest BCUT2D eigenvalue weighted by atomic mass is 9.99. The Balaban J connectivity index is 2.17. The van der Waals surface area contributed by atoms with E-state index in [4.69, 9.17) is 0 Å². The van der Waals surface area contributed by atoms with E-state index in [-0.39, 0.29) is 11.4 Å². The van der Waals surface area contributed by atoms with E-state index in [1.165, 1.54) is 0 Å². The summed E-state index contributed by atoms with van der Waals surface area (Å²) in [7, 11) is 0. The first-order valence-electron chi connectivity index (χ1n) is 6.08. The smallest absolute Gasteiger partial charge is 0.128 e. The first-order chi connectivity index (χ1) is 7.55. The topological polar surface area (TPSA) is 12.0 Å². The van der Waals surface area contributed by atoms with E-state index in [2.05, 4.69) is 26.1 Å². The van der Waals surface area contributed by atoms with E-state index in [1.807, 2.05) is 12.1 Å². The van der Waals surface area contributed by atoms with Crippen LogP contribution in [0.1, 0.15) is 39.2 Å². The lowest BCUT2D eigenvalue weighted by Crippen LogP contribution is -2.40. The second-order valence-corrected chi connectivity index (χ2v) is 5.24. The highest BCUT2D eigenvalue weighted by molar-refractivity contribution is 5.31. The highest BCUT2D eigenvalue weighted by Crippen LogP contribution is 2.47. The number of benzene rings is 1. The molecule has 0 radical (unpaired) electrons. The van der Waals surface area contributed by atoms with Crippen molar-refractivity contribution < 1.29 is 4.39 Å². The Bertz CT molecular complexity index is 369. The summed E-state index contributed by atoms with van der Waals surface area (Å²) in [6.45, 7) is 6.55. The van der Waals surface area contributed by atoms with E-state index in [0.29, 0.717) is 12.0 Å². The molecule has 88 valence electrons. The molecule has 0 spiro atoms. The average Bonchev–Trinajstić information content (AvgIpc) is 2.99. The van der Waals surface area contributed by atoms with Gasteiger partial charge in [0.25, 0.3) is 0 Å². The van der Waals surface area contributed by atoms with Crippen LogP contribution < -0.4 is 5.32 Å². The van der Waals surface area contributed by atoms with Gasteiger partial charge in [-0.3, -0.25) is 0 Å². The summed E-state index contributed by atoms with van der Waals surface area (Å²) in [5, 5.41) is 3.58. The molecule has 2 rings (SSSR count). The summed E-state index contributed by atoms with van der Waals surface area (Å²) < 4.78 is 13.7. The van der Waals surface area contributed by atoms with Crippen LogP contribution in [-0.4, -0.2) is 6.04 Å². The largest absolute Gasteiger partial charge is 0.305 e. The Morgan fingerprint density at radius 1 is 1.19 bits per heavy atom. The van der Waals surface area contributed by atoms with Gasteiger partial charge in [0.15, 0.2) is 0 Å². The second kappa shape index (κ2) is 4.17. The molecule has 1 unspecified atom stereocenters. The first kappa shape index (κ1) is 11.6. The number of halogens is 1. The van der Waals surface area contributed by atoms with Crippen molar-refractivity contribution in [1.29, 1.82) is 0 Å². The Labute approximate surface area is 97.1 Å². The SMILES string of the molecule is CC(C)C(C)NC1(c2ccccc2F)CC1. The summed E-state index contributed by atoms with van der Waals surface area (Å²) in [5.74, 6) is 0.493. The highest BCUT2D eigenvalue weighted by atomic mass is 19.1. The number of hydrogen-bond acceptors (Lipinski definition) is 1. The zero-order valence-electron chi connectivity index (χ0n) is 10.3. The third-order valence-corrected chi connectivity index (χ3v) is 3.64. The fourth-order valence-electron chi connectivity index (χ4n) is 2.07. The lowest BCUT2D eigenvalue weighted by Gasteiger charge is -2.26. The van der Waals surface area contributed by atoms with Crippen molar-refractivity contribution in [3.05, 3.63) is 35.6 Å². The average molecular weight is 221 g/mol. The molecule has 1 aliphatic carbocycles. The van der Waals surface area contributed by atoms with Gasteiger partial charge in [0, 0.05) is 17.1 Å². The Hall–Kier alpha value is -0.890. The molecule has 0 bridgehead atoms. The first-order valence-corrected chi connectivity index (χ1v) is 6.08. The van der Waals surface area contributed by atoms with Crippen molar-refractivity contribution in [3.8, 4) is 0 Å². The molecule has 1 aromatic rings. The van der Waals surface area contributed by atoms with Crippen molar-refractivity contribution in [1.82, 2.24) is 5.32 Å². The molecule has 1 aliphatic rings. The fourth-order valence-corrected chi connectivity index (χ4v) is 2.07.